The molecule has 0 spiro atoms. The SMILES string of the molecule is CCOc1ccc(CC/C=C/C2CCC(C3CC=C(C)CC3)CC2)c(F)c1F. The maximum absolute atomic E-state index is 14.1. The summed E-state index contributed by atoms with van der Waals surface area (Å²) < 4.78 is 33.2. The summed E-state index contributed by atoms with van der Waals surface area (Å²) in [6, 6.07) is 3.17. The third-order valence-corrected chi connectivity index (χ3v) is 6.58. The summed E-state index contributed by atoms with van der Waals surface area (Å²) in [4.78, 5) is 0. The second kappa shape index (κ2) is 10.2. The lowest BCUT2D eigenvalue weighted by molar-refractivity contribution is 0.209. The van der Waals surface area contributed by atoms with Gasteiger partial charge in [0.15, 0.2) is 11.6 Å². The molecule has 3 rings (SSSR count). The van der Waals surface area contributed by atoms with Crippen molar-refractivity contribution in [3.63, 3.8) is 0 Å². The van der Waals surface area contributed by atoms with Gasteiger partial charge in [-0.25, -0.2) is 4.39 Å². The zero-order valence-corrected chi connectivity index (χ0v) is 17.4. The van der Waals surface area contributed by atoms with Crippen LogP contribution in [-0.4, -0.2) is 6.61 Å². The van der Waals surface area contributed by atoms with Crippen molar-refractivity contribution in [3.8, 4) is 5.75 Å². The molecule has 154 valence electrons. The molecule has 1 unspecified atom stereocenters. The van der Waals surface area contributed by atoms with Gasteiger partial charge in [0.2, 0.25) is 5.82 Å². The minimum atomic E-state index is -0.866. The zero-order valence-electron chi connectivity index (χ0n) is 17.4. The van der Waals surface area contributed by atoms with Crippen molar-refractivity contribution in [2.75, 3.05) is 6.61 Å². The van der Waals surface area contributed by atoms with E-state index in [2.05, 4.69) is 25.2 Å². The molecule has 0 bridgehead atoms. The molecule has 1 aromatic carbocycles. The Morgan fingerprint density at radius 1 is 1.04 bits per heavy atom. The maximum Gasteiger partial charge on any atom is 0.200 e. The lowest BCUT2D eigenvalue weighted by Crippen LogP contribution is -2.22. The van der Waals surface area contributed by atoms with Crippen LogP contribution in [0, 0.1) is 29.4 Å². The summed E-state index contributed by atoms with van der Waals surface area (Å²) in [6.45, 7) is 4.35. The Kier molecular flexibility index (Phi) is 7.70. The molecule has 0 aromatic heterocycles. The van der Waals surface area contributed by atoms with Gasteiger partial charge >= 0.3 is 0 Å². The summed E-state index contributed by atoms with van der Waals surface area (Å²) in [6.07, 6.45) is 17.3. The topological polar surface area (TPSA) is 9.23 Å². The number of ether oxygens (including phenoxy) is 1. The van der Waals surface area contributed by atoms with Crippen LogP contribution in [0.2, 0.25) is 0 Å². The van der Waals surface area contributed by atoms with Crippen LogP contribution in [0.25, 0.3) is 0 Å². The molecule has 0 heterocycles. The van der Waals surface area contributed by atoms with Gasteiger partial charge in [-0.2, -0.15) is 4.39 Å². The standard InChI is InChI=1S/C25H34F2O/c1-3-28-23-17-16-22(24(26)25(23)27)7-5-4-6-19-10-14-21(15-11-19)20-12-8-18(2)9-13-20/h4,6,8,16-17,19-21H,3,5,7,9-15H2,1-2H3/b6-4+. The molecule has 1 nitrogen and oxygen atoms in total. The molecule has 2 aliphatic carbocycles. The molecule has 1 aromatic rings. The normalized spacial score (nSPS) is 25.7. The van der Waals surface area contributed by atoms with Crippen molar-refractivity contribution in [1.82, 2.24) is 0 Å². The lowest BCUT2D eigenvalue weighted by Gasteiger charge is -2.34. The Balaban J connectivity index is 1.42. The van der Waals surface area contributed by atoms with E-state index >= 15 is 0 Å². The number of hydrogen-bond donors (Lipinski definition) is 0. The van der Waals surface area contributed by atoms with Crippen LogP contribution in [0.4, 0.5) is 8.78 Å². The van der Waals surface area contributed by atoms with E-state index in [0.717, 1.165) is 18.3 Å². The van der Waals surface area contributed by atoms with Gasteiger partial charge in [-0.15, -0.1) is 0 Å². The molecule has 3 heteroatoms. The fourth-order valence-corrected chi connectivity index (χ4v) is 4.78. The minimum absolute atomic E-state index is 0.000307. The Bertz CT molecular complexity index is 699. The summed E-state index contributed by atoms with van der Waals surface area (Å²) >= 11 is 0. The highest BCUT2D eigenvalue weighted by atomic mass is 19.2. The van der Waals surface area contributed by atoms with E-state index in [4.69, 9.17) is 4.74 Å². The van der Waals surface area contributed by atoms with Gasteiger partial charge in [0.1, 0.15) is 0 Å². The summed E-state index contributed by atoms with van der Waals surface area (Å²) in [5, 5.41) is 0. The molecule has 1 saturated carbocycles. The average molecular weight is 389 g/mol. The lowest BCUT2D eigenvalue weighted by atomic mass is 9.71. The number of halogens is 2. The first-order valence-electron chi connectivity index (χ1n) is 11.0. The molecule has 1 atom stereocenters. The maximum atomic E-state index is 14.1. The molecule has 0 aliphatic heterocycles. The molecular weight excluding hydrogens is 354 g/mol. The van der Waals surface area contributed by atoms with Crippen molar-refractivity contribution in [2.45, 2.75) is 71.6 Å². The Labute approximate surface area is 168 Å². The van der Waals surface area contributed by atoms with Crippen LogP contribution >= 0.6 is 0 Å². The van der Waals surface area contributed by atoms with E-state index in [-0.39, 0.29) is 5.75 Å². The molecule has 0 radical (unpaired) electrons. The second-order valence-corrected chi connectivity index (χ2v) is 8.51. The summed E-state index contributed by atoms with van der Waals surface area (Å²) in [7, 11) is 0. The predicted molar refractivity (Wildman–Crippen MR) is 112 cm³/mol. The van der Waals surface area contributed by atoms with Crippen LogP contribution in [0.3, 0.4) is 0 Å². The largest absolute Gasteiger partial charge is 0.491 e. The number of benzene rings is 1. The van der Waals surface area contributed by atoms with E-state index in [1.54, 1.807) is 18.6 Å². The molecule has 1 fully saturated rings. The quantitative estimate of drug-likeness (QED) is 0.442. The Morgan fingerprint density at radius 3 is 2.50 bits per heavy atom. The number of allylic oxidation sites excluding steroid dienone is 4. The first kappa shape index (κ1) is 21.1. The van der Waals surface area contributed by atoms with E-state index in [9.17, 15) is 8.78 Å². The number of aryl methyl sites for hydroxylation is 1. The minimum Gasteiger partial charge on any atom is -0.491 e. The summed E-state index contributed by atoms with van der Waals surface area (Å²) in [5.74, 6) is 0.811. The Morgan fingerprint density at radius 2 is 1.82 bits per heavy atom. The highest BCUT2D eigenvalue weighted by Crippen LogP contribution is 2.39. The Hall–Kier alpha value is -1.64. The number of hydrogen-bond acceptors (Lipinski definition) is 1. The van der Waals surface area contributed by atoms with Crippen molar-refractivity contribution in [3.05, 3.63) is 53.1 Å². The van der Waals surface area contributed by atoms with Crippen LogP contribution in [0.5, 0.6) is 5.75 Å². The number of rotatable bonds is 7. The van der Waals surface area contributed by atoms with Gasteiger partial charge in [-0.05, 0) is 101 Å². The van der Waals surface area contributed by atoms with Crippen LogP contribution in [-0.2, 0) is 6.42 Å². The third kappa shape index (κ3) is 5.46. The van der Waals surface area contributed by atoms with Crippen molar-refractivity contribution >= 4 is 0 Å². The van der Waals surface area contributed by atoms with E-state index in [0.29, 0.717) is 24.5 Å². The fraction of sp³-hybridized carbons (Fsp3) is 0.600. The van der Waals surface area contributed by atoms with Gasteiger partial charge < -0.3 is 4.74 Å². The molecule has 28 heavy (non-hydrogen) atoms. The molecule has 0 N–H and O–H groups in total. The first-order chi connectivity index (χ1) is 13.6. The molecular formula is C25H34F2O. The monoisotopic (exact) mass is 388 g/mol. The van der Waals surface area contributed by atoms with Crippen LogP contribution < -0.4 is 4.74 Å². The van der Waals surface area contributed by atoms with Gasteiger partial charge in [0, 0.05) is 0 Å². The predicted octanol–water partition coefficient (Wildman–Crippen LogP) is 7.41. The molecule has 0 saturated heterocycles. The highest BCUT2D eigenvalue weighted by molar-refractivity contribution is 5.31. The fourth-order valence-electron chi connectivity index (χ4n) is 4.78. The van der Waals surface area contributed by atoms with E-state index < -0.39 is 11.6 Å². The smallest absolute Gasteiger partial charge is 0.200 e. The van der Waals surface area contributed by atoms with Crippen molar-refractivity contribution in [1.29, 1.82) is 0 Å². The third-order valence-electron chi connectivity index (χ3n) is 6.58. The van der Waals surface area contributed by atoms with Crippen molar-refractivity contribution in [2.24, 2.45) is 17.8 Å². The average Bonchev–Trinajstić information content (AvgIpc) is 2.71. The molecule has 0 amide bonds. The zero-order chi connectivity index (χ0) is 19.9. The van der Waals surface area contributed by atoms with Gasteiger partial charge in [0.25, 0.3) is 0 Å². The molecule has 2 aliphatic rings. The van der Waals surface area contributed by atoms with E-state index in [1.807, 2.05) is 0 Å². The second-order valence-electron chi connectivity index (χ2n) is 8.51. The van der Waals surface area contributed by atoms with Gasteiger partial charge in [-0.3, -0.25) is 0 Å². The van der Waals surface area contributed by atoms with Gasteiger partial charge in [-0.1, -0.05) is 29.9 Å². The summed E-state index contributed by atoms with van der Waals surface area (Å²) in [5.41, 5.74) is 1.99. The first-order valence-corrected chi connectivity index (χ1v) is 11.0. The van der Waals surface area contributed by atoms with E-state index in [1.165, 1.54) is 51.0 Å². The van der Waals surface area contributed by atoms with Gasteiger partial charge in [0.05, 0.1) is 6.61 Å². The van der Waals surface area contributed by atoms with Crippen LogP contribution in [0.1, 0.15) is 70.8 Å². The van der Waals surface area contributed by atoms with Crippen molar-refractivity contribution < 1.29 is 13.5 Å². The highest BCUT2D eigenvalue weighted by Gasteiger charge is 2.27. The van der Waals surface area contributed by atoms with Crippen LogP contribution in [0.15, 0.2) is 35.9 Å².